The van der Waals surface area contributed by atoms with Crippen molar-refractivity contribution in [3.63, 3.8) is 0 Å². The Bertz CT molecular complexity index is 555. The van der Waals surface area contributed by atoms with Gasteiger partial charge in [-0.15, -0.1) is 0 Å². The standard InChI is InChI=1S/C17H23NOS/c1-4-13(2)14-5-7-15(8-6-14)16-9-11-17(12-10-16)20(3,18)19/h5-13,19H,4,18H2,1-3H3. The molecular weight excluding hydrogens is 266 g/mol. The lowest BCUT2D eigenvalue weighted by atomic mass is 9.96. The van der Waals surface area contributed by atoms with Gasteiger partial charge in [0.15, 0.2) is 0 Å². The normalized spacial score (nSPS) is 17.2. The Balaban J connectivity index is 2.24. The Labute approximate surface area is 123 Å². The molecule has 0 saturated heterocycles. The highest BCUT2D eigenvalue weighted by atomic mass is 32.3. The summed E-state index contributed by atoms with van der Waals surface area (Å²) in [4.78, 5) is 0.803. The van der Waals surface area contributed by atoms with E-state index >= 15 is 0 Å². The zero-order valence-electron chi connectivity index (χ0n) is 12.3. The molecule has 2 aromatic carbocycles. The van der Waals surface area contributed by atoms with Crippen molar-refractivity contribution in [1.82, 2.24) is 0 Å². The van der Waals surface area contributed by atoms with E-state index in [1.165, 1.54) is 11.1 Å². The predicted molar refractivity (Wildman–Crippen MR) is 89.2 cm³/mol. The van der Waals surface area contributed by atoms with Crippen LogP contribution in [0.25, 0.3) is 11.1 Å². The average Bonchev–Trinajstić information content (AvgIpc) is 2.46. The van der Waals surface area contributed by atoms with E-state index in [0.29, 0.717) is 5.92 Å². The second kappa shape index (κ2) is 6.00. The van der Waals surface area contributed by atoms with Crippen molar-refractivity contribution < 1.29 is 4.55 Å². The molecule has 2 rings (SSSR count). The summed E-state index contributed by atoms with van der Waals surface area (Å²) in [5.41, 5.74) is 3.71. The third kappa shape index (κ3) is 3.42. The molecule has 2 unspecified atom stereocenters. The van der Waals surface area contributed by atoms with Crippen LogP contribution in [-0.4, -0.2) is 10.8 Å². The van der Waals surface area contributed by atoms with Crippen molar-refractivity contribution in [3.05, 3.63) is 54.1 Å². The minimum Gasteiger partial charge on any atom is -0.334 e. The van der Waals surface area contributed by atoms with Gasteiger partial charge in [-0.25, -0.2) is 0 Å². The summed E-state index contributed by atoms with van der Waals surface area (Å²) in [6.45, 7) is 4.45. The van der Waals surface area contributed by atoms with E-state index in [9.17, 15) is 4.55 Å². The zero-order chi connectivity index (χ0) is 14.8. The molecule has 0 spiro atoms. The molecule has 2 atom stereocenters. The van der Waals surface area contributed by atoms with Gasteiger partial charge in [0.1, 0.15) is 0 Å². The molecular formula is C17H23NOS. The van der Waals surface area contributed by atoms with Crippen LogP contribution < -0.4 is 5.14 Å². The molecule has 0 fully saturated rings. The van der Waals surface area contributed by atoms with E-state index in [1.807, 2.05) is 24.3 Å². The molecule has 0 aliphatic carbocycles. The van der Waals surface area contributed by atoms with Gasteiger partial charge in [0.2, 0.25) is 0 Å². The van der Waals surface area contributed by atoms with E-state index in [1.54, 1.807) is 6.26 Å². The molecule has 3 heteroatoms. The van der Waals surface area contributed by atoms with Crippen LogP contribution in [0.15, 0.2) is 53.4 Å². The molecule has 20 heavy (non-hydrogen) atoms. The first kappa shape index (κ1) is 15.1. The van der Waals surface area contributed by atoms with Gasteiger partial charge in [-0.1, -0.05) is 60.7 Å². The fourth-order valence-corrected chi connectivity index (χ4v) is 2.85. The largest absolute Gasteiger partial charge is 0.334 e. The molecule has 0 aliphatic rings. The van der Waals surface area contributed by atoms with Gasteiger partial charge in [0.05, 0.1) is 0 Å². The van der Waals surface area contributed by atoms with E-state index < -0.39 is 10.5 Å². The minimum absolute atomic E-state index is 0.599. The highest BCUT2D eigenvalue weighted by molar-refractivity contribution is 8.26. The van der Waals surface area contributed by atoms with Crippen molar-refractivity contribution in [3.8, 4) is 11.1 Å². The summed E-state index contributed by atoms with van der Waals surface area (Å²) in [6.07, 6.45) is 2.82. The third-order valence-corrected chi connectivity index (χ3v) is 4.98. The quantitative estimate of drug-likeness (QED) is 0.831. The Kier molecular flexibility index (Phi) is 4.53. The lowest BCUT2D eigenvalue weighted by Gasteiger charge is -2.23. The van der Waals surface area contributed by atoms with E-state index in [4.69, 9.17) is 5.14 Å². The smallest absolute Gasteiger partial charge is 0.0254 e. The maximum absolute atomic E-state index is 9.84. The number of nitrogens with two attached hydrogens (primary N) is 1. The number of hydrogen-bond donors (Lipinski definition) is 2. The minimum atomic E-state index is -2.12. The Morgan fingerprint density at radius 3 is 1.85 bits per heavy atom. The van der Waals surface area contributed by atoms with Crippen LogP contribution in [-0.2, 0) is 0 Å². The highest BCUT2D eigenvalue weighted by Crippen LogP contribution is 2.40. The molecule has 0 saturated carbocycles. The van der Waals surface area contributed by atoms with Crippen LogP contribution in [0, 0.1) is 0 Å². The summed E-state index contributed by atoms with van der Waals surface area (Å²) in [5.74, 6) is 0.599. The van der Waals surface area contributed by atoms with Crippen molar-refractivity contribution in [2.45, 2.75) is 31.1 Å². The van der Waals surface area contributed by atoms with Crippen molar-refractivity contribution in [2.75, 3.05) is 6.26 Å². The fraction of sp³-hybridized carbons (Fsp3) is 0.294. The lowest BCUT2D eigenvalue weighted by Crippen LogP contribution is -2.07. The number of rotatable bonds is 4. The zero-order valence-corrected chi connectivity index (χ0v) is 13.2. The molecule has 108 valence electrons. The summed E-state index contributed by atoms with van der Waals surface area (Å²) >= 11 is 0. The maximum Gasteiger partial charge on any atom is 0.0254 e. The Morgan fingerprint density at radius 2 is 1.45 bits per heavy atom. The van der Waals surface area contributed by atoms with Crippen LogP contribution in [0.5, 0.6) is 0 Å². The van der Waals surface area contributed by atoms with Crippen molar-refractivity contribution in [2.24, 2.45) is 5.14 Å². The topological polar surface area (TPSA) is 46.2 Å². The second-order valence-electron chi connectivity index (χ2n) is 5.39. The Morgan fingerprint density at radius 1 is 1.00 bits per heavy atom. The fourth-order valence-electron chi connectivity index (χ4n) is 2.16. The van der Waals surface area contributed by atoms with E-state index in [0.717, 1.165) is 16.9 Å². The molecule has 2 nitrogen and oxygen atoms in total. The molecule has 3 N–H and O–H groups in total. The average molecular weight is 289 g/mol. The molecule has 0 aliphatic heterocycles. The molecule has 2 aromatic rings. The first-order chi connectivity index (χ1) is 9.41. The van der Waals surface area contributed by atoms with Crippen LogP contribution in [0.1, 0.15) is 31.7 Å². The molecule has 0 amide bonds. The van der Waals surface area contributed by atoms with Gasteiger partial charge in [0, 0.05) is 11.2 Å². The summed E-state index contributed by atoms with van der Waals surface area (Å²) in [7, 11) is -2.12. The van der Waals surface area contributed by atoms with E-state index in [-0.39, 0.29) is 0 Å². The Hall–Kier alpha value is -1.29. The van der Waals surface area contributed by atoms with Crippen LogP contribution in [0.3, 0.4) is 0 Å². The number of benzene rings is 2. The first-order valence-electron chi connectivity index (χ1n) is 6.90. The van der Waals surface area contributed by atoms with Crippen LogP contribution in [0.2, 0.25) is 0 Å². The third-order valence-electron chi connectivity index (χ3n) is 3.76. The SMILES string of the molecule is CCC(C)c1ccc(-c2ccc(S(C)(N)O)cc2)cc1. The van der Waals surface area contributed by atoms with Crippen molar-refractivity contribution >= 4 is 10.5 Å². The monoisotopic (exact) mass is 289 g/mol. The van der Waals surface area contributed by atoms with E-state index in [2.05, 4.69) is 38.1 Å². The van der Waals surface area contributed by atoms with Crippen LogP contribution in [0.4, 0.5) is 0 Å². The maximum atomic E-state index is 9.84. The van der Waals surface area contributed by atoms with Gasteiger partial charge in [-0.2, -0.15) is 0 Å². The second-order valence-corrected chi connectivity index (χ2v) is 7.74. The highest BCUT2D eigenvalue weighted by Gasteiger charge is 2.10. The van der Waals surface area contributed by atoms with Gasteiger partial charge in [-0.05, 0) is 41.2 Å². The molecule has 0 radical (unpaired) electrons. The van der Waals surface area contributed by atoms with Crippen molar-refractivity contribution in [1.29, 1.82) is 0 Å². The predicted octanol–water partition coefficient (Wildman–Crippen LogP) is 5.01. The van der Waals surface area contributed by atoms with Gasteiger partial charge in [0.25, 0.3) is 0 Å². The summed E-state index contributed by atoms with van der Waals surface area (Å²) in [6, 6.07) is 16.6. The molecule has 0 bridgehead atoms. The lowest BCUT2D eigenvalue weighted by molar-refractivity contribution is 0.632. The first-order valence-corrected chi connectivity index (χ1v) is 8.97. The van der Waals surface area contributed by atoms with Gasteiger partial charge < -0.3 is 4.55 Å². The van der Waals surface area contributed by atoms with Gasteiger partial charge >= 0.3 is 0 Å². The summed E-state index contributed by atoms with van der Waals surface area (Å²) in [5, 5.41) is 5.75. The van der Waals surface area contributed by atoms with Gasteiger partial charge in [-0.3, -0.25) is 5.14 Å². The number of hydrogen-bond acceptors (Lipinski definition) is 2. The summed E-state index contributed by atoms with van der Waals surface area (Å²) < 4.78 is 9.84. The molecule has 0 aromatic heterocycles. The van der Waals surface area contributed by atoms with Crippen LogP contribution >= 0.6 is 10.5 Å². The molecule has 0 heterocycles.